The molecule has 1 saturated heterocycles. The number of fused-ring (bicyclic) bond motifs is 2. The molecule has 0 unspecified atom stereocenters. The average molecular weight is 363 g/mol. The van der Waals surface area contributed by atoms with E-state index in [1.807, 2.05) is 30.3 Å². The van der Waals surface area contributed by atoms with E-state index in [1.165, 1.54) is 0 Å². The standard InChI is InChI=1S/C19H21N7O/c1-24-6-8-25(9-7-24)12-18-23-22-17-5-3-14(11-26(17)18)13-2-4-15-16(10-13)27-19(20)21-15/h2-5,10-11H,6-9,12H2,1H3,(H2,20,21). The fourth-order valence-electron chi connectivity index (χ4n) is 3.54. The van der Waals surface area contributed by atoms with Gasteiger partial charge in [0, 0.05) is 32.4 Å². The van der Waals surface area contributed by atoms with E-state index in [0.29, 0.717) is 5.58 Å². The summed E-state index contributed by atoms with van der Waals surface area (Å²) in [6.45, 7) is 5.07. The topological polar surface area (TPSA) is 88.7 Å². The van der Waals surface area contributed by atoms with E-state index in [2.05, 4.69) is 42.6 Å². The van der Waals surface area contributed by atoms with E-state index in [-0.39, 0.29) is 6.01 Å². The van der Waals surface area contributed by atoms with Gasteiger partial charge in [-0.15, -0.1) is 10.2 Å². The Morgan fingerprint density at radius 2 is 1.85 bits per heavy atom. The number of hydrogen-bond donors (Lipinski definition) is 1. The summed E-state index contributed by atoms with van der Waals surface area (Å²) in [5.41, 5.74) is 10.1. The largest absolute Gasteiger partial charge is 0.424 e. The van der Waals surface area contributed by atoms with Crippen molar-refractivity contribution in [3.05, 3.63) is 42.4 Å². The van der Waals surface area contributed by atoms with Crippen LogP contribution in [0.15, 0.2) is 40.9 Å². The lowest BCUT2D eigenvalue weighted by Crippen LogP contribution is -2.44. The van der Waals surface area contributed by atoms with Crippen LogP contribution in [0.3, 0.4) is 0 Å². The van der Waals surface area contributed by atoms with Crippen LogP contribution in [-0.2, 0) is 6.54 Å². The second-order valence-electron chi connectivity index (χ2n) is 7.08. The first kappa shape index (κ1) is 16.2. The van der Waals surface area contributed by atoms with Gasteiger partial charge in [-0.3, -0.25) is 9.30 Å². The average Bonchev–Trinajstić information content (AvgIpc) is 3.25. The number of aromatic nitrogens is 4. The van der Waals surface area contributed by atoms with Gasteiger partial charge in [0.2, 0.25) is 0 Å². The molecule has 0 saturated carbocycles. The number of oxazole rings is 1. The maximum atomic E-state index is 5.65. The summed E-state index contributed by atoms with van der Waals surface area (Å²) in [5.74, 6) is 0.960. The lowest BCUT2D eigenvalue weighted by molar-refractivity contribution is 0.145. The Hall–Kier alpha value is -2.97. The fourth-order valence-corrected chi connectivity index (χ4v) is 3.54. The number of nitrogen functional groups attached to an aromatic ring is 1. The van der Waals surface area contributed by atoms with Crippen LogP contribution in [0.2, 0.25) is 0 Å². The maximum absolute atomic E-state index is 5.65. The Kier molecular flexibility index (Phi) is 3.80. The molecule has 8 heteroatoms. The second-order valence-corrected chi connectivity index (χ2v) is 7.08. The quantitative estimate of drug-likeness (QED) is 0.594. The molecular weight excluding hydrogens is 342 g/mol. The number of anilines is 1. The van der Waals surface area contributed by atoms with Gasteiger partial charge in [-0.25, -0.2) is 0 Å². The molecule has 0 aliphatic carbocycles. The Balaban J connectivity index is 1.48. The molecule has 1 aliphatic rings. The summed E-state index contributed by atoms with van der Waals surface area (Å²) in [7, 11) is 2.16. The molecule has 1 aliphatic heterocycles. The zero-order valence-electron chi connectivity index (χ0n) is 15.2. The molecule has 3 aromatic heterocycles. The molecular formula is C19H21N7O. The van der Waals surface area contributed by atoms with Crippen LogP contribution in [0.5, 0.6) is 0 Å². The maximum Gasteiger partial charge on any atom is 0.292 e. The predicted octanol–water partition coefficient (Wildman–Crippen LogP) is 1.87. The highest BCUT2D eigenvalue weighted by molar-refractivity contribution is 5.81. The van der Waals surface area contributed by atoms with Gasteiger partial charge in [-0.1, -0.05) is 6.07 Å². The summed E-state index contributed by atoms with van der Waals surface area (Å²) < 4.78 is 7.54. The normalized spacial score (nSPS) is 16.5. The number of nitrogens with two attached hydrogens (primary N) is 1. The van der Waals surface area contributed by atoms with Gasteiger partial charge < -0.3 is 15.1 Å². The molecule has 2 N–H and O–H groups in total. The number of rotatable bonds is 3. The Bertz CT molecular complexity index is 1110. The van der Waals surface area contributed by atoms with Crippen LogP contribution in [0.4, 0.5) is 6.01 Å². The lowest BCUT2D eigenvalue weighted by atomic mass is 10.1. The molecule has 1 aromatic carbocycles. The highest BCUT2D eigenvalue weighted by Crippen LogP contribution is 2.26. The molecule has 4 heterocycles. The van der Waals surface area contributed by atoms with E-state index in [9.17, 15) is 0 Å². The van der Waals surface area contributed by atoms with E-state index in [1.54, 1.807) is 0 Å². The number of pyridine rings is 1. The van der Waals surface area contributed by atoms with E-state index < -0.39 is 0 Å². The monoisotopic (exact) mass is 363 g/mol. The molecule has 0 amide bonds. The van der Waals surface area contributed by atoms with Crippen LogP contribution < -0.4 is 5.73 Å². The van der Waals surface area contributed by atoms with Crippen molar-refractivity contribution in [2.45, 2.75) is 6.54 Å². The molecule has 0 bridgehead atoms. The molecule has 138 valence electrons. The van der Waals surface area contributed by atoms with Crippen molar-refractivity contribution in [2.75, 3.05) is 39.0 Å². The highest BCUT2D eigenvalue weighted by atomic mass is 16.4. The first-order valence-corrected chi connectivity index (χ1v) is 9.07. The number of hydrogen-bond acceptors (Lipinski definition) is 7. The minimum atomic E-state index is 0.186. The van der Waals surface area contributed by atoms with Gasteiger partial charge in [-0.2, -0.15) is 4.98 Å². The van der Waals surface area contributed by atoms with Gasteiger partial charge in [0.15, 0.2) is 17.1 Å². The number of piperazine rings is 1. The van der Waals surface area contributed by atoms with Gasteiger partial charge in [0.1, 0.15) is 5.52 Å². The van der Waals surface area contributed by atoms with E-state index in [4.69, 9.17) is 10.2 Å². The van der Waals surface area contributed by atoms with Crippen LogP contribution in [0, 0.1) is 0 Å². The van der Waals surface area contributed by atoms with E-state index >= 15 is 0 Å². The van der Waals surface area contributed by atoms with Gasteiger partial charge in [0.05, 0.1) is 6.54 Å². The predicted molar refractivity (Wildman–Crippen MR) is 103 cm³/mol. The summed E-state index contributed by atoms with van der Waals surface area (Å²) in [6.07, 6.45) is 2.08. The Morgan fingerprint density at radius 1 is 1.04 bits per heavy atom. The van der Waals surface area contributed by atoms with Crippen molar-refractivity contribution in [1.82, 2.24) is 29.4 Å². The number of likely N-dealkylation sites (N-methyl/N-ethyl adjacent to an activating group) is 1. The van der Waals surface area contributed by atoms with Gasteiger partial charge >= 0.3 is 0 Å². The van der Waals surface area contributed by atoms with Crippen molar-refractivity contribution >= 4 is 22.8 Å². The Labute approximate surface area is 156 Å². The Morgan fingerprint density at radius 3 is 2.70 bits per heavy atom. The third-order valence-electron chi connectivity index (χ3n) is 5.17. The zero-order chi connectivity index (χ0) is 18.4. The number of benzene rings is 1. The van der Waals surface area contributed by atoms with Gasteiger partial charge in [0.25, 0.3) is 6.01 Å². The molecule has 0 spiro atoms. The van der Waals surface area contributed by atoms with Crippen LogP contribution in [0.25, 0.3) is 27.9 Å². The first-order chi connectivity index (χ1) is 13.2. The van der Waals surface area contributed by atoms with Crippen molar-refractivity contribution in [2.24, 2.45) is 0 Å². The molecule has 4 aromatic rings. The fraction of sp³-hybridized carbons (Fsp3) is 0.316. The molecule has 0 radical (unpaired) electrons. The summed E-state index contributed by atoms with van der Waals surface area (Å²) in [6, 6.07) is 10.1. The minimum absolute atomic E-state index is 0.186. The smallest absolute Gasteiger partial charge is 0.292 e. The SMILES string of the molecule is CN1CCN(Cc2nnc3ccc(-c4ccc5nc(N)oc5c4)cn23)CC1. The van der Waals surface area contributed by atoms with Crippen LogP contribution >= 0.6 is 0 Å². The minimum Gasteiger partial charge on any atom is -0.424 e. The molecule has 27 heavy (non-hydrogen) atoms. The van der Waals surface area contributed by atoms with Gasteiger partial charge in [-0.05, 0) is 42.4 Å². The van der Waals surface area contributed by atoms with Crippen LogP contribution in [0.1, 0.15) is 5.82 Å². The zero-order valence-corrected chi connectivity index (χ0v) is 15.2. The lowest BCUT2D eigenvalue weighted by Gasteiger charge is -2.31. The summed E-state index contributed by atoms with van der Waals surface area (Å²) in [4.78, 5) is 8.92. The van der Waals surface area contributed by atoms with Crippen molar-refractivity contribution in [1.29, 1.82) is 0 Å². The second kappa shape index (κ2) is 6.33. The van der Waals surface area contributed by atoms with Crippen LogP contribution in [-0.4, -0.2) is 62.6 Å². The first-order valence-electron chi connectivity index (χ1n) is 9.07. The van der Waals surface area contributed by atoms with Crippen molar-refractivity contribution in [3.63, 3.8) is 0 Å². The summed E-state index contributed by atoms with van der Waals surface area (Å²) >= 11 is 0. The molecule has 5 rings (SSSR count). The van der Waals surface area contributed by atoms with Crippen molar-refractivity contribution < 1.29 is 4.42 Å². The molecule has 0 atom stereocenters. The number of nitrogens with zero attached hydrogens (tertiary/aromatic N) is 6. The summed E-state index contributed by atoms with van der Waals surface area (Å²) in [5, 5.41) is 8.73. The third-order valence-corrected chi connectivity index (χ3v) is 5.17. The van der Waals surface area contributed by atoms with E-state index in [0.717, 1.165) is 60.8 Å². The van der Waals surface area contributed by atoms with Crippen molar-refractivity contribution in [3.8, 4) is 11.1 Å². The third kappa shape index (κ3) is 3.02. The molecule has 8 nitrogen and oxygen atoms in total. The highest BCUT2D eigenvalue weighted by Gasteiger charge is 2.17. The molecule has 1 fully saturated rings.